The molecule has 4 aromatic heterocycles. The van der Waals surface area contributed by atoms with E-state index in [1.807, 2.05) is 40.8 Å². The van der Waals surface area contributed by atoms with E-state index in [1.165, 1.54) is 25.7 Å². The number of rotatable bonds is 6. The Kier molecular flexibility index (Phi) is 4.57. The molecule has 3 aliphatic rings. The van der Waals surface area contributed by atoms with E-state index >= 15 is 0 Å². The van der Waals surface area contributed by atoms with Crippen LogP contribution in [-0.2, 0) is 11.8 Å². The molecule has 182 valence electrons. The molecule has 0 amide bonds. The van der Waals surface area contributed by atoms with Crippen molar-refractivity contribution >= 4 is 22.5 Å². The van der Waals surface area contributed by atoms with Crippen molar-refractivity contribution in [2.45, 2.75) is 31.7 Å². The van der Waals surface area contributed by atoms with Crippen LogP contribution in [0.5, 0.6) is 0 Å². The molecule has 3 fully saturated rings. The van der Waals surface area contributed by atoms with E-state index in [0.29, 0.717) is 36.0 Å². The first-order chi connectivity index (χ1) is 17.1. The van der Waals surface area contributed by atoms with Gasteiger partial charge in [-0.1, -0.05) is 0 Å². The van der Waals surface area contributed by atoms with Crippen molar-refractivity contribution in [1.29, 1.82) is 0 Å². The van der Waals surface area contributed by atoms with Gasteiger partial charge < -0.3 is 19.9 Å². The van der Waals surface area contributed by atoms with Crippen LogP contribution in [0.15, 0.2) is 29.3 Å². The maximum atomic E-state index is 13.5. The molecule has 35 heavy (non-hydrogen) atoms. The summed E-state index contributed by atoms with van der Waals surface area (Å²) < 4.78 is 11.1. The number of hydrogen-bond donors (Lipinski definition) is 2. The number of aromatic nitrogens is 7. The number of fused-ring (bicyclic) bond motifs is 1. The van der Waals surface area contributed by atoms with Crippen LogP contribution in [-0.4, -0.2) is 60.6 Å². The molecule has 0 spiro atoms. The van der Waals surface area contributed by atoms with Gasteiger partial charge in [0.25, 0.3) is 5.56 Å². The second kappa shape index (κ2) is 7.70. The van der Waals surface area contributed by atoms with Gasteiger partial charge in [-0.05, 0) is 43.6 Å². The molecule has 2 saturated carbocycles. The summed E-state index contributed by atoms with van der Waals surface area (Å²) in [6.07, 6.45) is 8.60. The van der Waals surface area contributed by atoms with Crippen LogP contribution in [0.4, 0.5) is 11.6 Å². The fraction of sp³-hybridized carbons (Fsp3) is 0.500. The Labute approximate surface area is 201 Å². The van der Waals surface area contributed by atoms with E-state index in [0.717, 1.165) is 36.0 Å². The number of pyridine rings is 1. The number of anilines is 2. The highest BCUT2D eigenvalue weighted by molar-refractivity contribution is 5.97. The molecule has 5 heterocycles. The van der Waals surface area contributed by atoms with Crippen molar-refractivity contribution in [3.05, 3.63) is 34.9 Å². The lowest BCUT2D eigenvalue weighted by Gasteiger charge is -2.28. The smallest absolute Gasteiger partial charge is 0.264 e. The average Bonchev–Trinajstić information content (AvgIpc) is 3.76. The number of ether oxygens (including phenoxy) is 1. The number of nitrogens with one attached hydrogen (secondary N) is 1. The Hall–Kier alpha value is -3.60. The van der Waals surface area contributed by atoms with Crippen LogP contribution in [0, 0.1) is 11.8 Å². The molecule has 4 aromatic rings. The average molecular weight is 476 g/mol. The first-order valence-corrected chi connectivity index (χ1v) is 12.4. The second-order valence-corrected chi connectivity index (χ2v) is 10.0. The molecule has 0 radical (unpaired) electrons. The number of nitrogens with two attached hydrogens (primary N) is 1. The van der Waals surface area contributed by atoms with E-state index in [-0.39, 0.29) is 17.4 Å². The van der Waals surface area contributed by atoms with Crippen molar-refractivity contribution in [3.8, 4) is 17.1 Å². The Morgan fingerprint density at radius 1 is 1.14 bits per heavy atom. The molecular formula is C24H29N9O2. The van der Waals surface area contributed by atoms with Gasteiger partial charge in [0.2, 0.25) is 0 Å². The van der Waals surface area contributed by atoms with Crippen molar-refractivity contribution < 1.29 is 4.74 Å². The largest absolute Gasteiger partial charge is 0.382 e. The summed E-state index contributed by atoms with van der Waals surface area (Å²) in [5.74, 6) is 3.16. The van der Waals surface area contributed by atoms with Crippen LogP contribution in [0.25, 0.3) is 28.0 Å². The van der Waals surface area contributed by atoms with Gasteiger partial charge in [0.1, 0.15) is 11.2 Å². The number of H-pyrrole nitrogens is 1. The minimum absolute atomic E-state index is 0.0573. The normalized spacial score (nSPS) is 18.7. The van der Waals surface area contributed by atoms with Crippen molar-refractivity contribution in [2.24, 2.45) is 18.9 Å². The fourth-order valence-corrected chi connectivity index (χ4v) is 5.53. The van der Waals surface area contributed by atoms with Crippen LogP contribution in [0.1, 0.15) is 31.7 Å². The molecule has 11 heteroatoms. The number of hydrogen-bond acceptors (Lipinski definition) is 7. The van der Waals surface area contributed by atoms with Crippen LogP contribution in [0.2, 0.25) is 0 Å². The Morgan fingerprint density at radius 2 is 1.89 bits per heavy atom. The molecular weight excluding hydrogens is 446 g/mol. The maximum Gasteiger partial charge on any atom is 0.264 e. The van der Waals surface area contributed by atoms with E-state index in [4.69, 9.17) is 20.7 Å². The third-order valence-corrected chi connectivity index (χ3v) is 7.59. The minimum Gasteiger partial charge on any atom is -0.382 e. The molecule has 0 bridgehead atoms. The number of nitrogen functional groups attached to an aromatic ring is 1. The monoisotopic (exact) mass is 475 g/mol. The lowest BCUT2D eigenvalue weighted by molar-refractivity contribution is 0.122. The van der Waals surface area contributed by atoms with Gasteiger partial charge in [0.05, 0.1) is 24.4 Å². The second-order valence-electron chi connectivity index (χ2n) is 10.0. The van der Waals surface area contributed by atoms with Gasteiger partial charge in [-0.25, -0.2) is 4.68 Å². The van der Waals surface area contributed by atoms with Crippen molar-refractivity contribution in [3.63, 3.8) is 0 Å². The number of morpholine rings is 1. The lowest BCUT2D eigenvalue weighted by Crippen LogP contribution is -2.37. The van der Waals surface area contributed by atoms with Crippen molar-refractivity contribution in [2.75, 3.05) is 36.9 Å². The van der Waals surface area contributed by atoms with E-state index in [9.17, 15) is 4.79 Å². The zero-order chi connectivity index (χ0) is 23.7. The zero-order valence-corrected chi connectivity index (χ0v) is 19.7. The standard InChI is InChI=1S/C24H29N9O2/c1-30-19(31-8-10-35-11-9-31)12-18(29-30)33-7-6-17(28-33)16-13-32(22(14-2-3-14)15-4-5-15)24(34)20-21(16)26-27-23(20)25/h6-7,12-15,22H,2-5,8-11H2,1H3,(H3,25,26,27). The Morgan fingerprint density at radius 3 is 2.60 bits per heavy atom. The van der Waals surface area contributed by atoms with E-state index < -0.39 is 0 Å². The highest BCUT2D eigenvalue weighted by Crippen LogP contribution is 2.52. The van der Waals surface area contributed by atoms with Crippen molar-refractivity contribution in [1.82, 2.24) is 34.3 Å². The summed E-state index contributed by atoms with van der Waals surface area (Å²) in [5.41, 5.74) is 8.31. The topological polar surface area (TPSA) is 125 Å². The summed E-state index contributed by atoms with van der Waals surface area (Å²) in [5, 5.41) is 17.2. The maximum absolute atomic E-state index is 13.5. The molecule has 1 saturated heterocycles. The van der Waals surface area contributed by atoms with Gasteiger partial charge in [-0.15, -0.1) is 0 Å². The predicted octanol–water partition coefficient (Wildman–Crippen LogP) is 2.09. The molecule has 3 N–H and O–H groups in total. The van der Waals surface area contributed by atoms with Gasteiger partial charge in [0, 0.05) is 50.2 Å². The molecule has 0 atom stereocenters. The van der Waals surface area contributed by atoms with Crippen LogP contribution < -0.4 is 16.2 Å². The van der Waals surface area contributed by atoms with Gasteiger partial charge in [0.15, 0.2) is 11.6 Å². The number of nitrogens with zero attached hydrogens (tertiary/aromatic N) is 7. The first-order valence-electron chi connectivity index (χ1n) is 12.4. The highest BCUT2D eigenvalue weighted by Gasteiger charge is 2.43. The third kappa shape index (κ3) is 3.44. The lowest BCUT2D eigenvalue weighted by atomic mass is 10.0. The molecule has 1 aliphatic heterocycles. The number of aromatic amines is 1. The summed E-state index contributed by atoms with van der Waals surface area (Å²) in [6, 6.07) is 4.23. The van der Waals surface area contributed by atoms with Gasteiger partial charge in [-0.3, -0.25) is 14.6 Å². The Bertz CT molecular complexity index is 1450. The van der Waals surface area contributed by atoms with E-state index in [1.54, 1.807) is 4.68 Å². The molecule has 2 aliphatic carbocycles. The van der Waals surface area contributed by atoms with Crippen LogP contribution >= 0.6 is 0 Å². The summed E-state index contributed by atoms with van der Waals surface area (Å²) in [4.78, 5) is 15.8. The Balaban J connectivity index is 1.30. The minimum atomic E-state index is -0.0573. The van der Waals surface area contributed by atoms with Gasteiger partial charge >= 0.3 is 0 Å². The van der Waals surface area contributed by atoms with Crippen LogP contribution in [0.3, 0.4) is 0 Å². The summed E-state index contributed by atoms with van der Waals surface area (Å²) in [6.45, 7) is 3.11. The molecule has 0 aromatic carbocycles. The highest BCUT2D eigenvalue weighted by atomic mass is 16.5. The van der Waals surface area contributed by atoms with Gasteiger partial charge in [-0.2, -0.15) is 15.3 Å². The summed E-state index contributed by atoms with van der Waals surface area (Å²) >= 11 is 0. The van der Waals surface area contributed by atoms with E-state index in [2.05, 4.69) is 15.1 Å². The molecule has 0 unspecified atom stereocenters. The SMILES string of the molecule is Cn1nc(-n2ccc(-c3cn(C(C4CC4)C4CC4)c(=O)c4c(N)n[nH]c34)n2)cc1N1CCOCC1. The third-order valence-electron chi connectivity index (χ3n) is 7.59. The molecule has 7 rings (SSSR count). The molecule has 11 nitrogen and oxygen atoms in total. The number of aryl methyl sites for hydroxylation is 1. The first kappa shape index (κ1) is 20.7. The zero-order valence-electron chi connectivity index (χ0n) is 19.7. The predicted molar refractivity (Wildman–Crippen MR) is 132 cm³/mol. The quantitative estimate of drug-likeness (QED) is 0.437. The fourth-order valence-electron chi connectivity index (χ4n) is 5.53. The summed E-state index contributed by atoms with van der Waals surface area (Å²) in [7, 11) is 1.95.